The Labute approximate surface area is 148 Å². The zero-order chi connectivity index (χ0) is 17.3. The number of thiophene rings is 1. The first-order chi connectivity index (χ1) is 11.5. The number of hydrogen-bond donors (Lipinski definition) is 1. The Bertz CT molecular complexity index is 956. The third-order valence-corrected chi connectivity index (χ3v) is 6.02. The molecule has 0 aliphatic heterocycles. The topological polar surface area (TPSA) is 62.8 Å². The lowest BCUT2D eigenvalue weighted by Gasteiger charge is -2.03. The average Bonchev–Trinajstić information content (AvgIpc) is 2.87. The SMILES string of the molecule is CCc1ccc(C(=O)CSc2nc3sc(C)c(C)c3c(=O)[nH]2)cc1. The number of carbonyl (C=O) groups is 1. The van der Waals surface area contributed by atoms with Gasteiger partial charge in [-0.15, -0.1) is 11.3 Å². The summed E-state index contributed by atoms with van der Waals surface area (Å²) < 4.78 is 0. The van der Waals surface area contributed by atoms with Gasteiger partial charge in [0.1, 0.15) is 4.83 Å². The number of nitrogens with zero attached hydrogens (tertiary/aromatic N) is 1. The monoisotopic (exact) mass is 358 g/mol. The molecule has 0 spiro atoms. The highest BCUT2D eigenvalue weighted by molar-refractivity contribution is 7.99. The highest BCUT2D eigenvalue weighted by atomic mass is 32.2. The van der Waals surface area contributed by atoms with Crippen molar-refractivity contribution in [2.75, 3.05) is 5.75 Å². The zero-order valence-electron chi connectivity index (χ0n) is 13.8. The summed E-state index contributed by atoms with van der Waals surface area (Å²) in [5.41, 5.74) is 2.74. The number of hydrogen-bond acceptors (Lipinski definition) is 5. The second-order valence-corrected chi connectivity index (χ2v) is 7.76. The molecule has 1 N–H and O–H groups in total. The third-order valence-electron chi connectivity index (χ3n) is 4.04. The number of aryl methyl sites for hydroxylation is 3. The van der Waals surface area contributed by atoms with Crippen molar-refractivity contribution in [2.24, 2.45) is 0 Å². The van der Waals surface area contributed by atoms with Crippen LogP contribution in [0.5, 0.6) is 0 Å². The molecule has 2 aromatic heterocycles. The molecule has 0 bridgehead atoms. The molecule has 3 aromatic rings. The molecular weight excluding hydrogens is 340 g/mol. The highest BCUT2D eigenvalue weighted by Crippen LogP contribution is 2.27. The fourth-order valence-electron chi connectivity index (χ4n) is 2.45. The molecule has 0 unspecified atom stereocenters. The number of rotatable bonds is 5. The van der Waals surface area contributed by atoms with Gasteiger partial charge in [-0.3, -0.25) is 9.59 Å². The van der Waals surface area contributed by atoms with E-state index >= 15 is 0 Å². The van der Waals surface area contributed by atoms with Crippen molar-refractivity contribution in [3.63, 3.8) is 0 Å². The number of carbonyl (C=O) groups excluding carboxylic acids is 1. The molecule has 0 saturated carbocycles. The number of nitrogens with one attached hydrogen (secondary N) is 1. The lowest BCUT2D eigenvalue weighted by molar-refractivity contribution is 0.102. The van der Waals surface area contributed by atoms with Crippen LogP contribution in [0, 0.1) is 13.8 Å². The van der Waals surface area contributed by atoms with Gasteiger partial charge < -0.3 is 4.98 Å². The Hall–Kier alpha value is -1.92. The molecule has 124 valence electrons. The molecule has 2 heterocycles. The van der Waals surface area contributed by atoms with Gasteiger partial charge in [-0.1, -0.05) is 43.0 Å². The van der Waals surface area contributed by atoms with Gasteiger partial charge >= 0.3 is 0 Å². The summed E-state index contributed by atoms with van der Waals surface area (Å²) in [5, 5.41) is 1.15. The van der Waals surface area contributed by atoms with Gasteiger partial charge in [-0.2, -0.15) is 0 Å². The summed E-state index contributed by atoms with van der Waals surface area (Å²) >= 11 is 2.78. The molecule has 3 rings (SSSR count). The van der Waals surface area contributed by atoms with Gasteiger partial charge in [-0.25, -0.2) is 4.98 Å². The van der Waals surface area contributed by atoms with E-state index in [4.69, 9.17) is 0 Å². The Morgan fingerprint density at radius 1 is 1.25 bits per heavy atom. The quantitative estimate of drug-likeness (QED) is 0.423. The molecule has 0 fully saturated rings. The number of aromatic amines is 1. The predicted molar refractivity (Wildman–Crippen MR) is 101 cm³/mol. The average molecular weight is 358 g/mol. The minimum atomic E-state index is -0.135. The molecule has 24 heavy (non-hydrogen) atoms. The highest BCUT2D eigenvalue weighted by Gasteiger charge is 2.13. The van der Waals surface area contributed by atoms with Gasteiger partial charge in [0.25, 0.3) is 5.56 Å². The Morgan fingerprint density at radius 2 is 1.96 bits per heavy atom. The number of aromatic nitrogens is 2. The van der Waals surface area contributed by atoms with Crippen molar-refractivity contribution < 1.29 is 4.79 Å². The van der Waals surface area contributed by atoms with Crippen LogP contribution in [-0.4, -0.2) is 21.5 Å². The van der Waals surface area contributed by atoms with Crippen LogP contribution in [0.2, 0.25) is 0 Å². The third kappa shape index (κ3) is 3.30. The normalized spacial score (nSPS) is 11.1. The second kappa shape index (κ2) is 6.91. The van der Waals surface area contributed by atoms with Gasteiger partial charge in [-0.05, 0) is 31.4 Å². The van der Waals surface area contributed by atoms with Crippen LogP contribution in [0.4, 0.5) is 0 Å². The molecule has 0 amide bonds. The molecule has 1 aromatic carbocycles. The molecule has 0 atom stereocenters. The van der Waals surface area contributed by atoms with Crippen LogP contribution in [0.25, 0.3) is 10.2 Å². The lowest BCUT2D eigenvalue weighted by Crippen LogP contribution is -2.10. The standard InChI is InChI=1S/C18H18N2O2S2/c1-4-12-5-7-13(8-6-12)14(21)9-23-18-19-16(22)15-10(2)11(3)24-17(15)20-18/h5-8H,4,9H2,1-3H3,(H,19,20,22). The second-order valence-electron chi connectivity index (χ2n) is 5.60. The van der Waals surface area contributed by atoms with Crippen LogP contribution < -0.4 is 5.56 Å². The first-order valence-corrected chi connectivity index (χ1v) is 9.54. The number of thioether (sulfide) groups is 1. The maximum atomic E-state index is 12.3. The molecule has 6 heteroatoms. The number of benzene rings is 1. The van der Waals surface area contributed by atoms with E-state index in [0.29, 0.717) is 16.1 Å². The smallest absolute Gasteiger partial charge is 0.260 e. The van der Waals surface area contributed by atoms with Gasteiger partial charge in [0.15, 0.2) is 10.9 Å². The van der Waals surface area contributed by atoms with Crippen molar-refractivity contribution in [3.05, 3.63) is 56.2 Å². The first kappa shape index (κ1) is 16.9. The van der Waals surface area contributed by atoms with Crippen LogP contribution in [0.15, 0.2) is 34.2 Å². The van der Waals surface area contributed by atoms with Crippen LogP contribution in [0.1, 0.15) is 33.3 Å². The van der Waals surface area contributed by atoms with Crippen molar-refractivity contribution in [3.8, 4) is 0 Å². The maximum absolute atomic E-state index is 12.3. The van der Waals surface area contributed by atoms with E-state index in [9.17, 15) is 9.59 Å². The van der Waals surface area contributed by atoms with Gasteiger partial charge in [0.05, 0.1) is 11.1 Å². The molecular formula is C18H18N2O2S2. The van der Waals surface area contributed by atoms with Crippen LogP contribution in [-0.2, 0) is 6.42 Å². The zero-order valence-corrected chi connectivity index (χ0v) is 15.4. The summed E-state index contributed by atoms with van der Waals surface area (Å²) in [6, 6.07) is 7.66. The van der Waals surface area contributed by atoms with Crippen molar-refractivity contribution in [2.45, 2.75) is 32.3 Å². The van der Waals surface area contributed by atoms with Gasteiger partial charge in [0, 0.05) is 10.4 Å². The van der Waals surface area contributed by atoms with E-state index in [1.807, 2.05) is 38.1 Å². The van der Waals surface area contributed by atoms with E-state index in [1.54, 1.807) is 0 Å². The summed E-state index contributed by atoms with van der Waals surface area (Å²) in [7, 11) is 0. The van der Waals surface area contributed by atoms with E-state index in [0.717, 1.165) is 21.7 Å². The number of Topliss-reactive ketones (excluding diaryl/α,β-unsaturated/α-hetero) is 1. The summed E-state index contributed by atoms with van der Waals surface area (Å²) in [5.74, 6) is 0.285. The van der Waals surface area contributed by atoms with E-state index in [1.165, 1.54) is 28.7 Å². The number of ketones is 1. The Balaban J connectivity index is 1.77. The predicted octanol–water partition coefficient (Wildman–Crippen LogP) is 4.14. The molecule has 0 radical (unpaired) electrons. The van der Waals surface area contributed by atoms with Crippen LogP contribution >= 0.6 is 23.1 Å². The summed E-state index contributed by atoms with van der Waals surface area (Å²) in [6.45, 7) is 6.00. The molecule has 0 aliphatic carbocycles. The van der Waals surface area contributed by atoms with Crippen molar-refractivity contribution >= 4 is 39.1 Å². The molecule has 4 nitrogen and oxygen atoms in total. The van der Waals surface area contributed by atoms with E-state index in [-0.39, 0.29) is 17.1 Å². The largest absolute Gasteiger partial charge is 0.301 e. The maximum Gasteiger partial charge on any atom is 0.260 e. The first-order valence-electron chi connectivity index (χ1n) is 7.74. The molecule has 0 saturated heterocycles. The van der Waals surface area contributed by atoms with E-state index < -0.39 is 0 Å². The van der Waals surface area contributed by atoms with E-state index in [2.05, 4.69) is 16.9 Å². The molecule has 0 aliphatic rings. The minimum Gasteiger partial charge on any atom is -0.301 e. The number of fused-ring (bicyclic) bond motifs is 1. The lowest BCUT2D eigenvalue weighted by atomic mass is 10.1. The fraction of sp³-hybridized carbons (Fsp3) is 0.278. The minimum absolute atomic E-state index is 0.0314. The van der Waals surface area contributed by atoms with Gasteiger partial charge in [0.2, 0.25) is 0 Å². The fourth-order valence-corrected chi connectivity index (χ4v) is 4.29. The van der Waals surface area contributed by atoms with Crippen molar-refractivity contribution in [1.29, 1.82) is 0 Å². The summed E-state index contributed by atoms with van der Waals surface area (Å²) in [6.07, 6.45) is 0.952. The van der Waals surface area contributed by atoms with Crippen molar-refractivity contribution in [1.82, 2.24) is 9.97 Å². The Morgan fingerprint density at radius 3 is 2.62 bits per heavy atom. The van der Waals surface area contributed by atoms with Crippen LogP contribution in [0.3, 0.4) is 0 Å². The summed E-state index contributed by atoms with van der Waals surface area (Å²) in [4.78, 5) is 33.6. The Kier molecular flexibility index (Phi) is 4.87. The number of H-pyrrole nitrogens is 1.